The molecule has 108 valence electrons. The molecule has 19 heavy (non-hydrogen) atoms. The fourth-order valence-corrected chi connectivity index (χ4v) is 2.22. The van der Waals surface area contributed by atoms with E-state index in [1.165, 1.54) is 5.56 Å². The van der Waals surface area contributed by atoms with Crippen LogP contribution in [0.2, 0.25) is 0 Å². The van der Waals surface area contributed by atoms with Crippen molar-refractivity contribution in [1.29, 1.82) is 0 Å². The van der Waals surface area contributed by atoms with E-state index in [1.54, 1.807) is 6.92 Å². The van der Waals surface area contributed by atoms with Crippen LogP contribution >= 0.6 is 0 Å². The lowest BCUT2D eigenvalue weighted by Gasteiger charge is -2.15. The van der Waals surface area contributed by atoms with E-state index in [9.17, 15) is 8.42 Å². The summed E-state index contributed by atoms with van der Waals surface area (Å²) in [5, 5.41) is 3.28. The minimum absolute atomic E-state index is 0.0722. The SMILES string of the molecule is CCS(=O)(=O)NC[C@H](C)NCc1cnc(C)c(C)c1. The van der Waals surface area contributed by atoms with E-state index < -0.39 is 10.0 Å². The molecule has 1 heterocycles. The van der Waals surface area contributed by atoms with Gasteiger partial charge in [0.15, 0.2) is 0 Å². The number of hydrogen-bond donors (Lipinski definition) is 2. The molecule has 5 nitrogen and oxygen atoms in total. The summed E-state index contributed by atoms with van der Waals surface area (Å²) in [6.07, 6.45) is 1.85. The Bertz CT molecular complexity index is 515. The molecule has 0 fully saturated rings. The maximum Gasteiger partial charge on any atom is 0.211 e. The van der Waals surface area contributed by atoms with E-state index >= 15 is 0 Å². The molecular formula is C13H23N3O2S. The van der Waals surface area contributed by atoms with Crippen molar-refractivity contribution in [2.45, 2.75) is 40.3 Å². The van der Waals surface area contributed by atoms with Gasteiger partial charge in [-0.1, -0.05) is 6.07 Å². The lowest BCUT2D eigenvalue weighted by atomic mass is 10.1. The maximum atomic E-state index is 11.3. The fraction of sp³-hybridized carbons (Fsp3) is 0.615. The van der Waals surface area contributed by atoms with Crippen LogP contribution in [0.1, 0.15) is 30.7 Å². The number of rotatable bonds is 7. The first-order valence-corrected chi connectivity index (χ1v) is 8.12. The first-order chi connectivity index (χ1) is 8.84. The molecule has 0 radical (unpaired) electrons. The number of pyridine rings is 1. The quantitative estimate of drug-likeness (QED) is 0.787. The van der Waals surface area contributed by atoms with Crippen LogP contribution in [0.4, 0.5) is 0 Å². The molecule has 0 saturated heterocycles. The molecule has 0 spiro atoms. The summed E-state index contributed by atoms with van der Waals surface area (Å²) in [5.74, 6) is 0.112. The van der Waals surface area contributed by atoms with Crippen molar-refractivity contribution in [3.63, 3.8) is 0 Å². The van der Waals surface area contributed by atoms with Gasteiger partial charge < -0.3 is 5.32 Å². The third kappa shape index (κ3) is 5.67. The number of aryl methyl sites for hydroxylation is 2. The molecule has 1 rings (SSSR count). The molecule has 0 aliphatic rings. The monoisotopic (exact) mass is 285 g/mol. The van der Waals surface area contributed by atoms with Gasteiger partial charge in [0, 0.05) is 31.0 Å². The Labute approximate surface area is 115 Å². The third-order valence-corrected chi connectivity index (χ3v) is 4.41. The van der Waals surface area contributed by atoms with Crippen LogP contribution in [0.15, 0.2) is 12.3 Å². The van der Waals surface area contributed by atoms with Crippen LogP contribution in [0.5, 0.6) is 0 Å². The Hall–Kier alpha value is -0.980. The predicted octanol–water partition coefficient (Wildman–Crippen LogP) is 1.12. The van der Waals surface area contributed by atoms with Crippen molar-refractivity contribution in [2.24, 2.45) is 0 Å². The Morgan fingerprint density at radius 1 is 1.37 bits per heavy atom. The topological polar surface area (TPSA) is 71.1 Å². The zero-order valence-corrected chi connectivity index (χ0v) is 12.8. The van der Waals surface area contributed by atoms with Crippen molar-refractivity contribution in [2.75, 3.05) is 12.3 Å². The predicted molar refractivity (Wildman–Crippen MR) is 77.5 cm³/mol. The van der Waals surface area contributed by atoms with E-state index in [1.807, 2.05) is 27.0 Å². The van der Waals surface area contributed by atoms with Crippen LogP contribution in [-0.4, -0.2) is 31.7 Å². The van der Waals surface area contributed by atoms with Gasteiger partial charge in [0.2, 0.25) is 10.0 Å². The number of hydrogen-bond acceptors (Lipinski definition) is 4. The van der Waals surface area contributed by atoms with Gasteiger partial charge in [-0.3, -0.25) is 4.98 Å². The van der Waals surface area contributed by atoms with Crippen LogP contribution in [-0.2, 0) is 16.6 Å². The highest BCUT2D eigenvalue weighted by atomic mass is 32.2. The lowest BCUT2D eigenvalue weighted by molar-refractivity contribution is 0.524. The van der Waals surface area contributed by atoms with Gasteiger partial charge >= 0.3 is 0 Å². The molecule has 0 aromatic carbocycles. The molecule has 0 aliphatic heterocycles. The minimum Gasteiger partial charge on any atom is -0.309 e. The first-order valence-electron chi connectivity index (χ1n) is 6.47. The zero-order chi connectivity index (χ0) is 14.5. The summed E-state index contributed by atoms with van der Waals surface area (Å²) in [6, 6.07) is 2.17. The Morgan fingerprint density at radius 3 is 2.63 bits per heavy atom. The van der Waals surface area contributed by atoms with Gasteiger partial charge in [-0.05, 0) is 38.8 Å². The van der Waals surface area contributed by atoms with Crippen LogP contribution in [0.3, 0.4) is 0 Å². The summed E-state index contributed by atoms with van der Waals surface area (Å²) >= 11 is 0. The average Bonchev–Trinajstić information content (AvgIpc) is 2.38. The normalized spacial score (nSPS) is 13.5. The highest BCUT2D eigenvalue weighted by molar-refractivity contribution is 7.89. The first kappa shape index (κ1) is 16.1. The van der Waals surface area contributed by atoms with Crippen molar-refractivity contribution < 1.29 is 8.42 Å². The minimum atomic E-state index is -3.11. The third-order valence-electron chi connectivity index (χ3n) is 3.04. The zero-order valence-electron chi connectivity index (χ0n) is 12.0. The molecule has 1 aromatic heterocycles. The highest BCUT2D eigenvalue weighted by Crippen LogP contribution is 2.06. The molecule has 1 aromatic rings. The molecule has 6 heteroatoms. The Kier molecular flexibility index (Phi) is 5.90. The summed E-state index contributed by atoms with van der Waals surface area (Å²) in [5.41, 5.74) is 3.31. The molecule has 0 saturated carbocycles. The summed E-state index contributed by atoms with van der Waals surface area (Å²) in [6.45, 7) is 8.67. The van der Waals surface area contributed by atoms with Gasteiger partial charge in [0.1, 0.15) is 0 Å². The highest BCUT2D eigenvalue weighted by Gasteiger charge is 2.09. The summed E-state index contributed by atoms with van der Waals surface area (Å²) in [4.78, 5) is 4.30. The molecule has 0 aliphatic carbocycles. The second-order valence-corrected chi connectivity index (χ2v) is 6.88. The van der Waals surface area contributed by atoms with E-state index in [0.717, 1.165) is 11.3 Å². The van der Waals surface area contributed by atoms with Crippen LogP contribution in [0.25, 0.3) is 0 Å². The Balaban J connectivity index is 2.41. The second-order valence-electron chi connectivity index (χ2n) is 4.78. The Morgan fingerprint density at radius 2 is 2.05 bits per heavy atom. The van der Waals surface area contributed by atoms with Gasteiger partial charge in [-0.25, -0.2) is 13.1 Å². The fourth-order valence-electron chi connectivity index (χ4n) is 1.52. The second kappa shape index (κ2) is 6.98. The molecule has 1 atom stereocenters. The van der Waals surface area contributed by atoms with Gasteiger partial charge in [0.25, 0.3) is 0 Å². The van der Waals surface area contributed by atoms with E-state index in [4.69, 9.17) is 0 Å². The van der Waals surface area contributed by atoms with E-state index in [2.05, 4.69) is 21.1 Å². The van der Waals surface area contributed by atoms with Crippen molar-refractivity contribution in [3.8, 4) is 0 Å². The maximum absolute atomic E-state index is 11.3. The van der Waals surface area contributed by atoms with Crippen molar-refractivity contribution in [1.82, 2.24) is 15.0 Å². The molecule has 0 unspecified atom stereocenters. The smallest absolute Gasteiger partial charge is 0.211 e. The van der Waals surface area contributed by atoms with E-state index in [0.29, 0.717) is 13.1 Å². The number of nitrogens with zero attached hydrogens (tertiary/aromatic N) is 1. The van der Waals surface area contributed by atoms with Crippen molar-refractivity contribution >= 4 is 10.0 Å². The van der Waals surface area contributed by atoms with Gasteiger partial charge in [0.05, 0.1) is 5.75 Å². The summed E-state index contributed by atoms with van der Waals surface area (Å²) < 4.78 is 25.2. The molecular weight excluding hydrogens is 262 g/mol. The molecule has 0 amide bonds. The van der Waals surface area contributed by atoms with Crippen LogP contribution < -0.4 is 10.0 Å². The van der Waals surface area contributed by atoms with Gasteiger partial charge in [-0.15, -0.1) is 0 Å². The number of sulfonamides is 1. The average molecular weight is 285 g/mol. The molecule has 2 N–H and O–H groups in total. The van der Waals surface area contributed by atoms with Crippen LogP contribution in [0, 0.1) is 13.8 Å². The number of aromatic nitrogens is 1. The standard InChI is InChI=1S/C13H23N3O2S/c1-5-19(17,18)16-7-11(3)14-8-13-6-10(2)12(4)15-9-13/h6,9,11,14,16H,5,7-8H2,1-4H3/t11-/m0/s1. The van der Waals surface area contributed by atoms with Crippen molar-refractivity contribution in [3.05, 3.63) is 29.1 Å². The molecule has 0 bridgehead atoms. The number of nitrogens with one attached hydrogen (secondary N) is 2. The lowest BCUT2D eigenvalue weighted by Crippen LogP contribution is -2.39. The summed E-state index contributed by atoms with van der Waals surface area (Å²) in [7, 11) is -3.11. The van der Waals surface area contributed by atoms with Gasteiger partial charge in [-0.2, -0.15) is 0 Å². The van der Waals surface area contributed by atoms with E-state index in [-0.39, 0.29) is 11.8 Å². The largest absolute Gasteiger partial charge is 0.309 e.